The summed E-state index contributed by atoms with van der Waals surface area (Å²) in [4.78, 5) is 47.1. The standard InChI is InChI=1S/C26H41N3O4S/c1-8-13-27(14-9-2)21(31)18-19-22(32)28(16-17-30)20(26(19)12-11-25(18,7)34-26)23(33)29(15-10-3)24(4,5)6/h8,10,18-20,30H,1,3,9,11-17H2,2,4-7H3/t18-,19+,20?,25+,26?/m1/s1. The van der Waals surface area contributed by atoms with Crippen molar-refractivity contribution in [2.75, 3.05) is 32.8 Å². The number of thioether (sulfide) groups is 1. The van der Waals surface area contributed by atoms with Crippen LogP contribution >= 0.6 is 11.8 Å². The minimum absolute atomic E-state index is 0.0208. The monoisotopic (exact) mass is 491 g/mol. The molecule has 0 aromatic rings. The van der Waals surface area contributed by atoms with Crippen LogP contribution in [0.25, 0.3) is 0 Å². The van der Waals surface area contributed by atoms with Gasteiger partial charge in [-0.2, -0.15) is 0 Å². The average Bonchev–Trinajstić information content (AvgIpc) is 3.32. The quantitative estimate of drug-likeness (QED) is 0.475. The SMILES string of the molecule is C=CCN(CCC)C(=O)[C@H]1[C@H]2C(=O)N(CCO)C(C(=O)N(CC=C)C(C)(C)C)C23CC[C@]1(C)S3. The molecule has 0 aromatic carbocycles. The molecule has 1 spiro atoms. The predicted octanol–water partition coefficient (Wildman–Crippen LogP) is 2.70. The second-order valence-corrected chi connectivity index (χ2v) is 12.9. The van der Waals surface area contributed by atoms with Crippen molar-refractivity contribution in [3.63, 3.8) is 0 Å². The molecule has 2 bridgehead atoms. The Bertz CT molecular complexity index is 855. The van der Waals surface area contributed by atoms with E-state index in [0.717, 1.165) is 12.8 Å². The predicted molar refractivity (Wildman–Crippen MR) is 136 cm³/mol. The number of aliphatic hydroxyl groups is 1. The van der Waals surface area contributed by atoms with E-state index in [4.69, 9.17) is 0 Å². The van der Waals surface area contributed by atoms with Crippen LogP contribution in [0.2, 0.25) is 0 Å². The van der Waals surface area contributed by atoms with E-state index in [1.807, 2.05) is 27.7 Å². The van der Waals surface area contributed by atoms with Crippen molar-refractivity contribution in [1.29, 1.82) is 0 Å². The van der Waals surface area contributed by atoms with Crippen LogP contribution in [-0.4, -0.2) is 91.4 Å². The van der Waals surface area contributed by atoms with Crippen molar-refractivity contribution in [3.05, 3.63) is 25.3 Å². The highest BCUT2D eigenvalue weighted by molar-refractivity contribution is 8.02. The molecule has 5 atom stereocenters. The number of hydrogen-bond donors (Lipinski definition) is 1. The van der Waals surface area contributed by atoms with Gasteiger partial charge in [-0.05, 0) is 47.0 Å². The van der Waals surface area contributed by atoms with E-state index < -0.39 is 32.9 Å². The summed E-state index contributed by atoms with van der Waals surface area (Å²) in [7, 11) is 0. The summed E-state index contributed by atoms with van der Waals surface area (Å²) < 4.78 is -1.07. The lowest BCUT2D eigenvalue weighted by Crippen LogP contribution is -2.59. The molecule has 3 amide bonds. The molecule has 3 aliphatic heterocycles. The van der Waals surface area contributed by atoms with E-state index in [2.05, 4.69) is 20.1 Å². The smallest absolute Gasteiger partial charge is 0.247 e. The zero-order valence-corrected chi connectivity index (χ0v) is 22.2. The number of aliphatic hydroxyl groups excluding tert-OH is 1. The van der Waals surface area contributed by atoms with Gasteiger partial charge in [-0.25, -0.2) is 0 Å². The summed E-state index contributed by atoms with van der Waals surface area (Å²) in [6, 6.07) is -0.708. The maximum Gasteiger partial charge on any atom is 0.247 e. The van der Waals surface area contributed by atoms with Crippen molar-refractivity contribution in [2.45, 2.75) is 75.0 Å². The number of β-amino-alcohol motifs (C(OH)–C–C–N with tert-alkyl or cyclic N) is 1. The molecule has 8 heteroatoms. The normalized spacial score (nSPS) is 32.0. The molecule has 3 saturated heterocycles. The number of amides is 3. The van der Waals surface area contributed by atoms with Crippen molar-refractivity contribution >= 4 is 29.5 Å². The van der Waals surface area contributed by atoms with Gasteiger partial charge in [0.25, 0.3) is 0 Å². The molecule has 3 aliphatic rings. The van der Waals surface area contributed by atoms with E-state index in [-0.39, 0.29) is 30.9 Å². The zero-order chi connectivity index (χ0) is 25.5. The Morgan fingerprint density at radius 3 is 2.38 bits per heavy atom. The fourth-order valence-electron chi connectivity index (χ4n) is 6.31. The number of nitrogens with zero attached hydrogens (tertiary/aromatic N) is 3. The summed E-state index contributed by atoms with van der Waals surface area (Å²) in [6.07, 6.45) is 5.73. The minimum atomic E-state index is -0.708. The number of fused-ring (bicyclic) bond motifs is 1. The van der Waals surface area contributed by atoms with Gasteiger partial charge in [0, 0.05) is 36.5 Å². The molecule has 3 heterocycles. The van der Waals surface area contributed by atoms with Gasteiger partial charge < -0.3 is 19.8 Å². The molecule has 3 fully saturated rings. The first-order valence-corrected chi connectivity index (χ1v) is 13.2. The Morgan fingerprint density at radius 1 is 1.21 bits per heavy atom. The van der Waals surface area contributed by atoms with Gasteiger partial charge in [0.1, 0.15) is 6.04 Å². The number of carbonyl (C=O) groups excluding carboxylic acids is 3. The van der Waals surface area contributed by atoms with Gasteiger partial charge in [0.15, 0.2) is 0 Å². The van der Waals surface area contributed by atoms with Crippen LogP contribution in [0.5, 0.6) is 0 Å². The Labute approximate surface area is 208 Å². The van der Waals surface area contributed by atoms with Crippen LogP contribution in [0.15, 0.2) is 25.3 Å². The fraction of sp³-hybridized carbons (Fsp3) is 0.731. The summed E-state index contributed by atoms with van der Waals surface area (Å²) in [5, 5.41) is 9.80. The summed E-state index contributed by atoms with van der Waals surface area (Å²) in [6.45, 7) is 18.9. The lowest BCUT2D eigenvalue weighted by atomic mass is 9.66. The van der Waals surface area contributed by atoms with Crippen LogP contribution in [0.4, 0.5) is 0 Å². The zero-order valence-electron chi connectivity index (χ0n) is 21.4. The van der Waals surface area contributed by atoms with Crippen molar-refractivity contribution < 1.29 is 19.5 Å². The van der Waals surface area contributed by atoms with Crippen LogP contribution in [0, 0.1) is 11.8 Å². The number of hydrogen-bond acceptors (Lipinski definition) is 5. The molecule has 34 heavy (non-hydrogen) atoms. The molecule has 1 N–H and O–H groups in total. The third-order valence-corrected chi connectivity index (χ3v) is 9.65. The molecule has 190 valence electrons. The summed E-state index contributed by atoms with van der Waals surface area (Å²) in [5.41, 5.74) is -0.462. The van der Waals surface area contributed by atoms with E-state index in [0.29, 0.717) is 26.1 Å². The van der Waals surface area contributed by atoms with Crippen LogP contribution < -0.4 is 0 Å². The van der Waals surface area contributed by atoms with E-state index >= 15 is 0 Å². The van der Waals surface area contributed by atoms with Crippen molar-refractivity contribution in [1.82, 2.24) is 14.7 Å². The molecule has 7 nitrogen and oxygen atoms in total. The molecular formula is C26H41N3O4S. The van der Waals surface area contributed by atoms with Crippen LogP contribution in [0.1, 0.15) is 53.9 Å². The average molecular weight is 492 g/mol. The third-order valence-electron chi connectivity index (χ3n) is 7.66. The number of likely N-dealkylation sites (tertiary alicyclic amines) is 1. The lowest BCUT2D eigenvalue weighted by molar-refractivity contribution is -0.147. The highest BCUT2D eigenvalue weighted by Crippen LogP contribution is 2.71. The minimum Gasteiger partial charge on any atom is -0.395 e. The second kappa shape index (κ2) is 9.69. The highest BCUT2D eigenvalue weighted by atomic mass is 32.2. The largest absolute Gasteiger partial charge is 0.395 e. The Morgan fingerprint density at radius 2 is 1.85 bits per heavy atom. The summed E-state index contributed by atoms with van der Waals surface area (Å²) in [5.74, 6) is -1.39. The second-order valence-electron chi connectivity index (χ2n) is 11.0. The van der Waals surface area contributed by atoms with Crippen molar-refractivity contribution in [2.24, 2.45) is 11.8 Å². The molecule has 0 aromatic heterocycles. The Balaban J connectivity index is 2.09. The van der Waals surface area contributed by atoms with Crippen LogP contribution in [0.3, 0.4) is 0 Å². The third kappa shape index (κ3) is 4.11. The van der Waals surface area contributed by atoms with Crippen LogP contribution in [-0.2, 0) is 14.4 Å². The first-order valence-electron chi connectivity index (χ1n) is 12.4. The maximum atomic E-state index is 14.1. The van der Waals surface area contributed by atoms with E-state index in [1.54, 1.807) is 38.6 Å². The summed E-state index contributed by atoms with van der Waals surface area (Å²) >= 11 is 1.67. The Hall–Kier alpha value is -1.80. The van der Waals surface area contributed by atoms with Gasteiger partial charge in [-0.3, -0.25) is 14.4 Å². The number of carbonyl (C=O) groups is 3. The number of rotatable bonds is 10. The molecule has 2 unspecified atom stereocenters. The highest BCUT2D eigenvalue weighted by Gasteiger charge is 2.77. The van der Waals surface area contributed by atoms with Gasteiger partial charge in [-0.15, -0.1) is 24.9 Å². The van der Waals surface area contributed by atoms with Gasteiger partial charge >= 0.3 is 0 Å². The Kier molecular flexibility index (Phi) is 7.63. The maximum absolute atomic E-state index is 14.1. The molecular weight excluding hydrogens is 450 g/mol. The van der Waals surface area contributed by atoms with E-state index in [1.165, 1.54) is 0 Å². The topological polar surface area (TPSA) is 81.2 Å². The molecule has 0 radical (unpaired) electrons. The van der Waals surface area contributed by atoms with Gasteiger partial charge in [0.2, 0.25) is 17.7 Å². The lowest BCUT2D eigenvalue weighted by Gasteiger charge is -2.42. The molecule has 0 saturated carbocycles. The fourth-order valence-corrected chi connectivity index (χ4v) is 8.66. The first kappa shape index (κ1) is 26.8. The first-order chi connectivity index (χ1) is 15.9. The van der Waals surface area contributed by atoms with Gasteiger partial charge in [-0.1, -0.05) is 19.1 Å². The van der Waals surface area contributed by atoms with Crippen molar-refractivity contribution in [3.8, 4) is 0 Å². The van der Waals surface area contributed by atoms with E-state index in [9.17, 15) is 19.5 Å². The van der Waals surface area contributed by atoms with Gasteiger partial charge in [0.05, 0.1) is 23.2 Å². The molecule has 0 aliphatic carbocycles. The molecule has 3 rings (SSSR count).